The first-order chi connectivity index (χ1) is 7.38. The number of nitrogens with two attached hydrogens (primary N) is 1. The molecule has 0 aliphatic heterocycles. The summed E-state index contributed by atoms with van der Waals surface area (Å²) in [4.78, 5) is 15.2. The van der Waals surface area contributed by atoms with Crippen molar-refractivity contribution < 1.29 is 14.3 Å². The molecule has 0 atom stereocenters. The number of nitrogens with zero attached hydrogens (tertiary/aromatic N) is 1. The number of carbonyl (C=O) groups excluding carboxylic acids is 1. The molecule has 0 aromatic carbocycles. The molecule has 1 heterocycles. The molecule has 0 aliphatic rings. The second kappa shape index (κ2) is 4.83. The maximum Gasteiger partial charge on any atom is 0.344 e. The van der Waals surface area contributed by atoms with Gasteiger partial charge in [-0.05, 0) is 32.9 Å². The predicted molar refractivity (Wildman–Crippen MR) is 60.0 cm³/mol. The van der Waals surface area contributed by atoms with Gasteiger partial charge in [0.25, 0.3) is 0 Å². The van der Waals surface area contributed by atoms with E-state index in [0.717, 1.165) is 0 Å². The average Bonchev–Trinajstić information content (AvgIpc) is 2.14. The van der Waals surface area contributed by atoms with E-state index in [1.807, 2.05) is 0 Å². The van der Waals surface area contributed by atoms with E-state index in [1.54, 1.807) is 39.1 Å². The van der Waals surface area contributed by atoms with E-state index in [0.29, 0.717) is 5.75 Å². The Kier molecular flexibility index (Phi) is 3.71. The Balaban J connectivity index is 2.47. The Morgan fingerprint density at radius 3 is 2.75 bits per heavy atom. The van der Waals surface area contributed by atoms with Gasteiger partial charge >= 0.3 is 5.97 Å². The van der Waals surface area contributed by atoms with E-state index in [9.17, 15) is 4.79 Å². The number of nitrogen functional groups attached to an aromatic ring is 1. The summed E-state index contributed by atoms with van der Waals surface area (Å²) in [5.41, 5.74) is 5.03. The number of anilines is 1. The van der Waals surface area contributed by atoms with Gasteiger partial charge in [0.2, 0.25) is 0 Å². The van der Waals surface area contributed by atoms with Crippen LogP contribution in [0.4, 0.5) is 5.82 Å². The van der Waals surface area contributed by atoms with Gasteiger partial charge in [-0.2, -0.15) is 0 Å². The van der Waals surface area contributed by atoms with Gasteiger partial charge in [0.15, 0.2) is 18.2 Å². The number of carbonyl (C=O) groups is 1. The third kappa shape index (κ3) is 4.16. The number of esters is 1. The zero-order valence-electron chi connectivity index (χ0n) is 9.69. The second-order valence-electron chi connectivity index (χ2n) is 4.26. The smallest absolute Gasteiger partial charge is 0.344 e. The van der Waals surface area contributed by atoms with Crippen LogP contribution in [0.1, 0.15) is 20.8 Å². The normalized spacial score (nSPS) is 10.9. The zero-order chi connectivity index (χ0) is 12.2. The molecule has 0 bridgehead atoms. The molecular formula is C11H16N2O3. The predicted octanol–water partition coefficient (Wildman–Crippen LogP) is 1.38. The Bertz CT molecular complexity index is 372. The first kappa shape index (κ1) is 12.3. The van der Waals surface area contributed by atoms with Gasteiger partial charge in [-0.3, -0.25) is 0 Å². The average molecular weight is 224 g/mol. The highest BCUT2D eigenvalue weighted by Crippen LogP contribution is 2.17. The van der Waals surface area contributed by atoms with Crippen LogP contribution in [-0.2, 0) is 9.53 Å². The molecule has 0 spiro atoms. The van der Waals surface area contributed by atoms with Gasteiger partial charge in [-0.15, -0.1) is 0 Å². The number of hydrogen-bond donors (Lipinski definition) is 1. The molecule has 2 N–H and O–H groups in total. The zero-order valence-corrected chi connectivity index (χ0v) is 9.69. The SMILES string of the molecule is CC(C)(C)OC(=O)COc1cccnc1N. The minimum Gasteiger partial charge on any atom is -0.478 e. The standard InChI is InChI=1S/C11H16N2O3/c1-11(2,3)16-9(14)7-15-8-5-4-6-13-10(8)12/h4-6H,7H2,1-3H3,(H2,12,13). The number of ether oxygens (including phenoxy) is 2. The Hall–Kier alpha value is -1.78. The van der Waals surface area contributed by atoms with Gasteiger partial charge < -0.3 is 15.2 Å². The summed E-state index contributed by atoms with van der Waals surface area (Å²) in [5, 5.41) is 0. The van der Waals surface area contributed by atoms with Crippen molar-refractivity contribution in [1.29, 1.82) is 0 Å². The first-order valence-electron chi connectivity index (χ1n) is 4.93. The molecule has 0 radical (unpaired) electrons. The Morgan fingerprint density at radius 2 is 2.19 bits per heavy atom. The van der Waals surface area contributed by atoms with Gasteiger partial charge in [0, 0.05) is 6.20 Å². The second-order valence-corrected chi connectivity index (χ2v) is 4.26. The lowest BCUT2D eigenvalue weighted by atomic mass is 10.2. The number of pyridine rings is 1. The summed E-state index contributed by atoms with van der Waals surface area (Å²) in [6.07, 6.45) is 1.55. The van der Waals surface area contributed by atoms with Crippen LogP contribution in [0.15, 0.2) is 18.3 Å². The fourth-order valence-corrected chi connectivity index (χ4v) is 1.03. The Morgan fingerprint density at radius 1 is 1.50 bits per heavy atom. The van der Waals surface area contributed by atoms with Crippen LogP contribution in [0.5, 0.6) is 5.75 Å². The molecule has 0 unspecified atom stereocenters. The van der Waals surface area contributed by atoms with Crippen molar-refractivity contribution in [1.82, 2.24) is 4.98 Å². The van der Waals surface area contributed by atoms with Gasteiger partial charge in [-0.1, -0.05) is 0 Å². The molecule has 5 heteroatoms. The third-order valence-corrected chi connectivity index (χ3v) is 1.57. The van der Waals surface area contributed by atoms with Gasteiger partial charge in [-0.25, -0.2) is 9.78 Å². The van der Waals surface area contributed by atoms with E-state index in [1.165, 1.54) is 0 Å². The van der Waals surface area contributed by atoms with Crippen molar-refractivity contribution in [2.75, 3.05) is 12.3 Å². The lowest BCUT2D eigenvalue weighted by molar-refractivity contribution is -0.157. The number of aromatic nitrogens is 1. The third-order valence-electron chi connectivity index (χ3n) is 1.57. The molecule has 0 saturated carbocycles. The fraction of sp³-hybridized carbons (Fsp3) is 0.455. The van der Waals surface area contributed by atoms with Crippen molar-refractivity contribution in [2.24, 2.45) is 0 Å². The summed E-state index contributed by atoms with van der Waals surface area (Å²) in [6.45, 7) is 5.21. The lowest BCUT2D eigenvalue weighted by Gasteiger charge is -2.19. The molecule has 0 fully saturated rings. The largest absolute Gasteiger partial charge is 0.478 e. The van der Waals surface area contributed by atoms with Crippen LogP contribution in [0.25, 0.3) is 0 Å². The fourth-order valence-electron chi connectivity index (χ4n) is 1.03. The molecule has 1 aromatic heterocycles. The molecule has 88 valence electrons. The number of rotatable bonds is 3. The summed E-state index contributed by atoms with van der Waals surface area (Å²) in [5.74, 6) is 0.204. The monoisotopic (exact) mass is 224 g/mol. The molecular weight excluding hydrogens is 208 g/mol. The highest BCUT2D eigenvalue weighted by atomic mass is 16.6. The molecule has 0 amide bonds. The van der Waals surface area contributed by atoms with E-state index in [4.69, 9.17) is 15.2 Å². The summed E-state index contributed by atoms with van der Waals surface area (Å²) < 4.78 is 10.3. The number of hydrogen-bond acceptors (Lipinski definition) is 5. The summed E-state index contributed by atoms with van der Waals surface area (Å²) in [7, 11) is 0. The maximum absolute atomic E-state index is 11.3. The minimum atomic E-state index is -0.513. The van der Waals surface area contributed by atoms with Gasteiger partial charge in [0.05, 0.1) is 0 Å². The Labute approximate surface area is 94.6 Å². The van der Waals surface area contributed by atoms with Crippen LogP contribution < -0.4 is 10.5 Å². The van der Waals surface area contributed by atoms with Crippen molar-refractivity contribution in [3.63, 3.8) is 0 Å². The van der Waals surface area contributed by atoms with E-state index >= 15 is 0 Å². The molecule has 16 heavy (non-hydrogen) atoms. The van der Waals surface area contributed by atoms with Crippen molar-refractivity contribution in [2.45, 2.75) is 26.4 Å². The van der Waals surface area contributed by atoms with E-state index in [2.05, 4.69) is 4.98 Å². The molecule has 1 aromatic rings. The highest BCUT2D eigenvalue weighted by molar-refractivity contribution is 5.71. The lowest BCUT2D eigenvalue weighted by Crippen LogP contribution is -2.27. The summed E-state index contributed by atoms with van der Waals surface area (Å²) in [6, 6.07) is 3.33. The van der Waals surface area contributed by atoms with Crippen LogP contribution >= 0.6 is 0 Å². The van der Waals surface area contributed by atoms with Crippen LogP contribution in [-0.4, -0.2) is 23.2 Å². The highest BCUT2D eigenvalue weighted by Gasteiger charge is 2.16. The van der Waals surface area contributed by atoms with Gasteiger partial charge in [0.1, 0.15) is 5.60 Å². The van der Waals surface area contributed by atoms with Crippen LogP contribution in [0.2, 0.25) is 0 Å². The quantitative estimate of drug-likeness (QED) is 0.785. The van der Waals surface area contributed by atoms with Crippen molar-refractivity contribution in [3.05, 3.63) is 18.3 Å². The molecule has 5 nitrogen and oxygen atoms in total. The molecule has 0 saturated heterocycles. The van der Waals surface area contributed by atoms with Crippen LogP contribution in [0.3, 0.4) is 0 Å². The maximum atomic E-state index is 11.3. The van der Waals surface area contributed by atoms with E-state index < -0.39 is 11.6 Å². The molecule has 1 rings (SSSR count). The summed E-state index contributed by atoms with van der Waals surface area (Å²) >= 11 is 0. The first-order valence-corrected chi connectivity index (χ1v) is 4.93. The van der Waals surface area contributed by atoms with E-state index in [-0.39, 0.29) is 12.4 Å². The van der Waals surface area contributed by atoms with Crippen molar-refractivity contribution in [3.8, 4) is 5.75 Å². The molecule has 0 aliphatic carbocycles. The minimum absolute atomic E-state index is 0.173. The topological polar surface area (TPSA) is 74.4 Å². The van der Waals surface area contributed by atoms with Crippen molar-refractivity contribution >= 4 is 11.8 Å². The van der Waals surface area contributed by atoms with Crippen LogP contribution in [0, 0.1) is 0 Å².